The zero-order chi connectivity index (χ0) is 19.8. The van der Waals surface area contributed by atoms with E-state index >= 15 is 0 Å². The van der Waals surface area contributed by atoms with Gasteiger partial charge in [-0.25, -0.2) is 9.18 Å². The Labute approximate surface area is 162 Å². The lowest BCUT2D eigenvalue weighted by molar-refractivity contribution is 0.0337. The number of carbonyl (C=O) groups excluding carboxylic acids is 1. The van der Waals surface area contributed by atoms with Crippen molar-refractivity contribution in [3.8, 4) is 0 Å². The minimum atomic E-state index is -0.475. The molecule has 0 bridgehead atoms. The van der Waals surface area contributed by atoms with Gasteiger partial charge in [0.2, 0.25) is 0 Å². The number of nitrogens with zero attached hydrogens (tertiary/aromatic N) is 2. The van der Waals surface area contributed by atoms with E-state index in [-0.39, 0.29) is 5.82 Å². The fourth-order valence-electron chi connectivity index (χ4n) is 3.49. The molecule has 0 fully saturated rings. The smallest absolute Gasteiger partial charge is 0.340 e. The van der Waals surface area contributed by atoms with E-state index in [2.05, 4.69) is 9.97 Å². The molecule has 1 unspecified atom stereocenters. The number of pyridine rings is 2. The third-order valence-electron chi connectivity index (χ3n) is 4.98. The van der Waals surface area contributed by atoms with Crippen molar-refractivity contribution in [2.24, 2.45) is 0 Å². The summed E-state index contributed by atoms with van der Waals surface area (Å²) in [4.78, 5) is 21.2. The average molecular weight is 374 g/mol. The average Bonchev–Trinajstić information content (AvgIpc) is 2.68. The minimum absolute atomic E-state index is 0.377. The first kappa shape index (κ1) is 18.0. The molecule has 4 aromatic rings. The molecule has 28 heavy (non-hydrogen) atoms. The van der Waals surface area contributed by atoms with Crippen molar-refractivity contribution in [1.29, 1.82) is 0 Å². The fraction of sp³-hybridized carbons (Fsp3) is 0.174. The van der Waals surface area contributed by atoms with Crippen LogP contribution in [0.3, 0.4) is 0 Å². The minimum Gasteiger partial charge on any atom is -0.454 e. The zero-order valence-electron chi connectivity index (χ0n) is 15.9. The van der Waals surface area contributed by atoms with Crippen LogP contribution in [0.4, 0.5) is 4.39 Å². The third kappa shape index (κ3) is 3.20. The number of hydrogen-bond acceptors (Lipinski definition) is 4. The van der Waals surface area contributed by atoms with Crippen LogP contribution in [-0.4, -0.2) is 15.9 Å². The Hall–Kier alpha value is -3.34. The highest BCUT2D eigenvalue weighted by Crippen LogP contribution is 2.28. The van der Waals surface area contributed by atoms with E-state index < -0.39 is 12.1 Å². The second-order valence-corrected chi connectivity index (χ2v) is 6.92. The van der Waals surface area contributed by atoms with Crippen LogP contribution >= 0.6 is 0 Å². The normalized spacial score (nSPS) is 12.3. The van der Waals surface area contributed by atoms with Crippen LogP contribution in [0.25, 0.3) is 21.8 Å². The SMILES string of the molecule is Cc1cccc2cc(C(=O)OC(C)c3ccc4cc(F)cnc4c3C)cnc12. The molecule has 1 atom stereocenters. The highest BCUT2D eigenvalue weighted by atomic mass is 19.1. The standard InChI is InChI=1S/C23H19FN2O2/c1-13-5-4-6-16-9-18(11-25-21(13)16)23(27)28-15(3)20-8-7-17-10-19(24)12-26-22(17)14(20)2/h4-12,15H,1-3H3. The lowest BCUT2D eigenvalue weighted by Crippen LogP contribution is -2.11. The number of rotatable bonds is 3. The van der Waals surface area contributed by atoms with Gasteiger partial charge in [-0.05, 0) is 49.6 Å². The summed E-state index contributed by atoms with van der Waals surface area (Å²) in [5, 5.41) is 1.61. The first-order valence-corrected chi connectivity index (χ1v) is 9.05. The Bertz CT molecular complexity index is 1220. The Morgan fingerprint density at radius 2 is 1.75 bits per heavy atom. The van der Waals surface area contributed by atoms with Gasteiger partial charge in [0.15, 0.2) is 0 Å². The molecule has 140 valence electrons. The zero-order valence-corrected chi connectivity index (χ0v) is 15.9. The number of para-hydroxylation sites is 1. The highest BCUT2D eigenvalue weighted by Gasteiger charge is 2.18. The van der Waals surface area contributed by atoms with E-state index in [4.69, 9.17) is 4.74 Å². The van der Waals surface area contributed by atoms with Crippen molar-refractivity contribution >= 4 is 27.8 Å². The van der Waals surface area contributed by atoms with Crippen LogP contribution in [0.2, 0.25) is 0 Å². The maximum Gasteiger partial charge on any atom is 0.340 e. The Morgan fingerprint density at radius 3 is 2.57 bits per heavy atom. The quantitative estimate of drug-likeness (QED) is 0.447. The predicted molar refractivity (Wildman–Crippen MR) is 107 cm³/mol. The maximum absolute atomic E-state index is 13.4. The summed E-state index contributed by atoms with van der Waals surface area (Å²) in [5.41, 5.74) is 4.74. The van der Waals surface area contributed by atoms with Crippen molar-refractivity contribution in [1.82, 2.24) is 9.97 Å². The van der Waals surface area contributed by atoms with E-state index in [0.717, 1.165) is 27.6 Å². The number of aromatic nitrogens is 2. The molecule has 2 aromatic carbocycles. The molecule has 0 spiro atoms. The highest BCUT2D eigenvalue weighted by molar-refractivity contribution is 5.94. The molecule has 2 aromatic heterocycles. The van der Waals surface area contributed by atoms with Gasteiger partial charge in [0.25, 0.3) is 0 Å². The van der Waals surface area contributed by atoms with Gasteiger partial charge in [0, 0.05) is 17.0 Å². The molecule has 2 heterocycles. The largest absolute Gasteiger partial charge is 0.454 e. The third-order valence-corrected chi connectivity index (χ3v) is 4.98. The lowest BCUT2D eigenvalue weighted by atomic mass is 10.0. The number of hydrogen-bond donors (Lipinski definition) is 0. The van der Waals surface area contributed by atoms with Crippen molar-refractivity contribution in [3.05, 3.63) is 82.9 Å². The molecule has 0 amide bonds. The van der Waals surface area contributed by atoms with Crippen LogP contribution in [0, 0.1) is 19.7 Å². The number of carbonyl (C=O) groups is 1. The monoisotopic (exact) mass is 374 g/mol. The molecule has 0 saturated carbocycles. The summed E-state index contributed by atoms with van der Waals surface area (Å²) >= 11 is 0. The van der Waals surface area contributed by atoms with Crippen LogP contribution in [0.15, 0.2) is 54.9 Å². The number of fused-ring (bicyclic) bond motifs is 2. The molecule has 0 aliphatic rings. The van der Waals surface area contributed by atoms with Gasteiger partial charge in [-0.3, -0.25) is 9.97 Å². The molecule has 0 saturated heterocycles. The fourth-order valence-corrected chi connectivity index (χ4v) is 3.49. The summed E-state index contributed by atoms with van der Waals surface area (Å²) in [6.07, 6.45) is 2.26. The van der Waals surface area contributed by atoms with E-state index in [1.165, 1.54) is 12.3 Å². The summed E-state index contributed by atoms with van der Waals surface area (Å²) in [7, 11) is 0. The van der Waals surface area contributed by atoms with Gasteiger partial charge in [0.1, 0.15) is 11.9 Å². The molecule has 0 aliphatic carbocycles. The van der Waals surface area contributed by atoms with Crippen molar-refractivity contribution in [2.45, 2.75) is 26.9 Å². The maximum atomic E-state index is 13.4. The van der Waals surface area contributed by atoms with Gasteiger partial charge in [0.05, 0.1) is 22.8 Å². The Balaban J connectivity index is 1.62. The molecular weight excluding hydrogens is 355 g/mol. The lowest BCUT2D eigenvalue weighted by Gasteiger charge is -2.17. The summed E-state index contributed by atoms with van der Waals surface area (Å²) in [6, 6.07) is 12.7. The molecule has 0 aliphatic heterocycles. The molecule has 4 rings (SSSR count). The van der Waals surface area contributed by atoms with Gasteiger partial charge in [-0.1, -0.05) is 30.3 Å². The number of ether oxygens (including phenoxy) is 1. The molecular formula is C23H19FN2O2. The second kappa shape index (κ2) is 7.00. The predicted octanol–water partition coefficient (Wildman–Crippen LogP) is 5.46. The topological polar surface area (TPSA) is 52.1 Å². The van der Waals surface area contributed by atoms with Crippen LogP contribution in [-0.2, 0) is 4.74 Å². The van der Waals surface area contributed by atoms with Crippen LogP contribution in [0.1, 0.15) is 40.1 Å². The molecule has 4 nitrogen and oxygen atoms in total. The molecule has 0 radical (unpaired) electrons. The van der Waals surface area contributed by atoms with Gasteiger partial charge in [-0.2, -0.15) is 0 Å². The van der Waals surface area contributed by atoms with E-state index in [1.54, 1.807) is 18.3 Å². The number of esters is 1. The van der Waals surface area contributed by atoms with E-state index in [9.17, 15) is 9.18 Å². The van der Waals surface area contributed by atoms with Crippen LogP contribution < -0.4 is 0 Å². The Morgan fingerprint density at radius 1 is 1.00 bits per heavy atom. The van der Waals surface area contributed by atoms with Gasteiger partial charge in [-0.15, -0.1) is 0 Å². The summed E-state index contributed by atoms with van der Waals surface area (Å²) in [6.45, 7) is 5.69. The number of aryl methyl sites for hydroxylation is 2. The summed E-state index contributed by atoms with van der Waals surface area (Å²) in [5.74, 6) is -0.812. The van der Waals surface area contributed by atoms with Crippen LogP contribution in [0.5, 0.6) is 0 Å². The van der Waals surface area contributed by atoms with E-state index in [1.807, 2.05) is 45.0 Å². The van der Waals surface area contributed by atoms with Crippen molar-refractivity contribution < 1.29 is 13.9 Å². The van der Waals surface area contributed by atoms with Gasteiger partial charge < -0.3 is 4.74 Å². The first-order valence-electron chi connectivity index (χ1n) is 9.05. The Kier molecular flexibility index (Phi) is 4.51. The molecule has 5 heteroatoms. The van der Waals surface area contributed by atoms with Crippen molar-refractivity contribution in [3.63, 3.8) is 0 Å². The second-order valence-electron chi connectivity index (χ2n) is 6.92. The first-order chi connectivity index (χ1) is 13.4. The summed E-state index contributed by atoms with van der Waals surface area (Å²) < 4.78 is 19.1. The van der Waals surface area contributed by atoms with Gasteiger partial charge >= 0.3 is 5.97 Å². The van der Waals surface area contributed by atoms with E-state index in [0.29, 0.717) is 16.5 Å². The number of halogens is 1. The number of benzene rings is 2. The molecule has 0 N–H and O–H groups in total. The van der Waals surface area contributed by atoms with Crippen molar-refractivity contribution in [2.75, 3.05) is 0 Å².